The number of carbonyl (C=O) groups is 1. The fourth-order valence-electron chi connectivity index (χ4n) is 3.20. The topological polar surface area (TPSA) is 64.2 Å². The summed E-state index contributed by atoms with van der Waals surface area (Å²) in [6.45, 7) is 0.0977. The molecule has 0 amide bonds. The molecule has 28 heavy (non-hydrogen) atoms. The lowest BCUT2D eigenvalue weighted by atomic mass is 10.1. The second-order valence-corrected chi connectivity index (χ2v) is 6.88. The van der Waals surface area contributed by atoms with Gasteiger partial charge in [0.15, 0.2) is 0 Å². The second-order valence-electron chi connectivity index (χ2n) is 6.52. The Morgan fingerprint density at radius 2 is 2.00 bits per heavy atom. The molecular weight excluding hydrogens is 376 g/mol. The van der Waals surface area contributed by atoms with Crippen molar-refractivity contribution in [1.29, 1.82) is 0 Å². The molecule has 0 fully saturated rings. The molecule has 0 bridgehead atoms. The minimum Gasteiger partial charge on any atom is -0.497 e. The van der Waals surface area contributed by atoms with Gasteiger partial charge in [-0.1, -0.05) is 29.8 Å². The van der Waals surface area contributed by atoms with Crippen molar-refractivity contribution in [1.82, 2.24) is 9.97 Å². The zero-order valence-corrected chi connectivity index (χ0v) is 16.1. The maximum atomic E-state index is 12.2. The van der Waals surface area contributed by atoms with Crippen molar-refractivity contribution >= 4 is 39.4 Å². The summed E-state index contributed by atoms with van der Waals surface area (Å²) in [5.41, 5.74) is 3.59. The molecule has 0 saturated carbocycles. The number of pyridine rings is 1. The largest absolute Gasteiger partial charge is 0.497 e. The van der Waals surface area contributed by atoms with Gasteiger partial charge >= 0.3 is 5.97 Å². The Balaban J connectivity index is 1.39. The highest BCUT2D eigenvalue weighted by molar-refractivity contribution is 6.30. The first kappa shape index (κ1) is 18.3. The van der Waals surface area contributed by atoms with Gasteiger partial charge in [-0.3, -0.25) is 4.79 Å². The highest BCUT2D eigenvalue weighted by atomic mass is 35.5. The molecule has 4 aromatic rings. The third-order valence-electron chi connectivity index (χ3n) is 4.71. The summed E-state index contributed by atoms with van der Waals surface area (Å²) < 4.78 is 10.6. The molecule has 6 heteroatoms. The Hall–Kier alpha value is -3.05. The summed E-state index contributed by atoms with van der Waals surface area (Å²) in [5, 5.41) is 2.37. The number of esters is 1. The molecule has 0 radical (unpaired) electrons. The minimum absolute atomic E-state index is 0.0977. The van der Waals surface area contributed by atoms with Crippen LogP contribution in [0, 0.1) is 0 Å². The summed E-state index contributed by atoms with van der Waals surface area (Å²) in [6, 6.07) is 15.5. The second kappa shape index (κ2) is 7.90. The molecule has 2 aromatic carbocycles. The summed E-state index contributed by atoms with van der Waals surface area (Å²) in [4.78, 5) is 19.8. The summed E-state index contributed by atoms with van der Waals surface area (Å²) >= 11 is 6.26. The number of hydrogen-bond donors (Lipinski definition) is 1. The van der Waals surface area contributed by atoms with Gasteiger partial charge in [-0.05, 0) is 36.2 Å². The number of aryl methyl sites for hydroxylation is 1. The van der Waals surface area contributed by atoms with Crippen LogP contribution in [-0.2, 0) is 22.6 Å². The van der Waals surface area contributed by atoms with E-state index in [0.29, 0.717) is 29.3 Å². The number of benzene rings is 2. The third-order valence-corrected chi connectivity index (χ3v) is 5.04. The normalized spacial score (nSPS) is 11.1. The Morgan fingerprint density at radius 1 is 1.14 bits per heavy atom. The molecule has 2 aromatic heterocycles. The maximum absolute atomic E-state index is 12.2. The third kappa shape index (κ3) is 3.80. The summed E-state index contributed by atoms with van der Waals surface area (Å²) in [6.07, 6.45) is 2.86. The van der Waals surface area contributed by atoms with E-state index in [4.69, 9.17) is 21.1 Å². The van der Waals surface area contributed by atoms with Crippen LogP contribution >= 0.6 is 11.6 Å². The van der Waals surface area contributed by atoms with Crippen LogP contribution in [0.5, 0.6) is 5.75 Å². The van der Waals surface area contributed by atoms with E-state index < -0.39 is 0 Å². The van der Waals surface area contributed by atoms with Crippen molar-refractivity contribution in [2.45, 2.75) is 19.4 Å². The van der Waals surface area contributed by atoms with Gasteiger partial charge in [0, 0.05) is 40.5 Å². The predicted molar refractivity (Wildman–Crippen MR) is 110 cm³/mol. The van der Waals surface area contributed by atoms with Gasteiger partial charge in [-0.2, -0.15) is 0 Å². The predicted octanol–water partition coefficient (Wildman–Crippen LogP) is 5.05. The molecule has 1 N–H and O–H groups in total. The highest BCUT2D eigenvalue weighted by Gasteiger charge is 2.11. The van der Waals surface area contributed by atoms with Crippen molar-refractivity contribution in [3.63, 3.8) is 0 Å². The Labute approximate surface area is 167 Å². The van der Waals surface area contributed by atoms with Gasteiger partial charge in [0.05, 0.1) is 12.6 Å². The van der Waals surface area contributed by atoms with E-state index in [2.05, 4.69) is 9.97 Å². The van der Waals surface area contributed by atoms with E-state index in [1.807, 2.05) is 54.7 Å². The van der Waals surface area contributed by atoms with E-state index in [0.717, 1.165) is 27.4 Å². The lowest BCUT2D eigenvalue weighted by Gasteiger charge is -2.09. The zero-order chi connectivity index (χ0) is 19.5. The fourth-order valence-corrected chi connectivity index (χ4v) is 3.40. The van der Waals surface area contributed by atoms with Gasteiger partial charge in [-0.15, -0.1) is 0 Å². The number of ether oxygens (including phenoxy) is 2. The Morgan fingerprint density at radius 3 is 2.86 bits per heavy atom. The van der Waals surface area contributed by atoms with Gasteiger partial charge in [0.2, 0.25) is 0 Å². The highest BCUT2D eigenvalue weighted by Crippen LogP contribution is 2.25. The number of aromatic nitrogens is 2. The number of carbonyl (C=O) groups excluding carboxylic acids is 1. The van der Waals surface area contributed by atoms with Gasteiger partial charge in [-0.25, -0.2) is 4.98 Å². The monoisotopic (exact) mass is 394 g/mol. The molecular formula is C22H19ClN2O3. The van der Waals surface area contributed by atoms with Crippen molar-refractivity contribution in [3.8, 4) is 5.75 Å². The molecule has 5 nitrogen and oxygen atoms in total. The molecule has 142 valence electrons. The average molecular weight is 395 g/mol. The number of aromatic amines is 1. The first-order valence-corrected chi connectivity index (χ1v) is 9.35. The van der Waals surface area contributed by atoms with Crippen molar-refractivity contribution in [2.24, 2.45) is 0 Å². The van der Waals surface area contributed by atoms with Crippen LogP contribution in [-0.4, -0.2) is 23.0 Å². The lowest BCUT2D eigenvalue weighted by Crippen LogP contribution is -2.06. The molecule has 0 aliphatic rings. The van der Waals surface area contributed by atoms with Gasteiger partial charge < -0.3 is 14.5 Å². The first-order chi connectivity index (χ1) is 13.6. The van der Waals surface area contributed by atoms with E-state index in [1.165, 1.54) is 0 Å². The van der Waals surface area contributed by atoms with E-state index in [-0.39, 0.29) is 12.6 Å². The number of halogens is 1. The average Bonchev–Trinajstić information content (AvgIpc) is 3.13. The number of nitrogens with zero attached hydrogens (tertiary/aromatic N) is 1. The van der Waals surface area contributed by atoms with Gasteiger partial charge in [0.1, 0.15) is 17.5 Å². The van der Waals surface area contributed by atoms with E-state index in [1.54, 1.807) is 7.11 Å². The Kier molecular flexibility index (Phi) is 5.17. The van der Waals surface area contributed by atoms with Crippen LogP contribution < -0.4 is 4.74 Å². The SMILES string of the molecule is COc1ccc2cc(COC(=O)CCc3c[nH]c4ccccc34)c(Cl)nc2c1. The molecule has 4 rings (SSSR count). The molecule has 2 heterocycles. The molecule has 0 atom stereocenters. The first-order valence-electron chi connectivity index (χ1n) is 8.98. The molecule has 0 aliphatic carbocycles. The van der Waals surface area contributed by atoms with Gasteiger partial charge in [0.25, 0.3) is 0 Å². The maximum Gasteiger partial charge on any atom is 0.306 e. The number of nitrogens with one attached hydrogen (secondary N) is 1. The molecule has 0 saturated heterocycles. The minimum atomic E-state index is -0.267. The Bertz CT molecular complexity index is 1150. The van der Waals surface area contributed by atoms with Crippen LogP contribution in [0.2, 0.25) is 5.15 Å². The van der Waals surface area contributed by atoms with Crippen LogP contribution in [0.1, 0.15) is 17.5 Å². The van der Waals surface area contributed by atoms with Crippen LogP contribution in [0.3, 0.4) is 0 Å². The molecule has 0 unspecified atom stereocenters. The summed E-state index contributed by atoms with van der Waals surface area (Å²) in [7, 11) is 1.60. The number of H-pyrrole nitrogens is 1. The number of hydrogen-bond acceptors (Lipinski definition) is 4. The summed E-state index contributed by atoms with van der Waals surface area (Å²) in [5.74, 6) is 0.448. The molecule has 0 spiro atoms. The standard InChI is InChI=1S/C22H19ClN2O3/c1-27-17-8-6-14-10-16(22(23)25-20(14)11-17)13-28-21(26)9-7-15-12-24-19-5-3-2-4-18(15)19/h2-6,8,10-12,24H,7,9,13H2,1H3. The van der Waals surface area contributed by atoms with Crippen LogP contribution in [0.15, 0.2) is 54.7 Å². The smallest absolute Gasteiger partial charge is 0.306 e. The number of rotatable bonds is 6. The van der Waals surface area contributed by atoms with E-state index in [9.17, 15) is 4.79 Å². The number of methoxy groups -OCH3 is 1. The van der Waals surface area contributed by atoms with Crippen LogP contribution in [0.25, 0.3) is 21.8 Å². The van der Waals surface area contributed by atoms with Crippen molar-refractivity contribution < 1.29 is 14.3 Å². The quantitative estimate of drug-likeness (QED) is 0.367. The zero-order valence-electron chi connectivity index (χ0n) is 15.4. The van der Waals surface area contributed by atoms with Crippen LogP contribution in [0.4, 0.5) is 0 Å². The lowest BCUT2D eigenvalue weighted by molar-refractivity contribution is -0.144. The fraction of sp³-hybridized carbons (Fsp3) is 0.182. The molecule has 0 aliphatic heterocycles. The number of para-hydroxylation sites is 1. The van der Waals surface area contributed by atoms with Crippen molar-refractivity contribution in [2.75, 3.05) is 7.11 Å². The van der Waals surface area contributed by atoms with E-state index >= 15 is 0 Å². The number of fused-ring (bicyclic) bond motifs is 2. The van der Waals surface area contributed by atoms with Crippen molar-refractivity contribution in [3.05, 3.63) is 71.0 Å².